The Morgan fingerprint density at radius 3 is 2.65 bits per heavy atom. The topological polar surface area (TPSA) is 102 Å². The molecule has 0 aromatic heterocycles. The summed E-state index contributed by atoms with van der Waals surface area (Å²) in [6, 6.07) is 5.00. The van der Waals surface area contributed by atoms with Crippen LogP contribution in [-0.4, -0.2) is 59.1 Å². The van der Waals surface area contributed by atoms with Gasteiger partial charge in [0.25, 0.3) is 5.91 Å². The van der Waals surface area contributed by atoms with Crippen molar-refractivity contribution in [1.29, 1.82) is 0 Å². The zero-order chi connectivity index (χ0) is 22.8. The van der Waals surface area contributed by atoms with Gasteiger partial charge in [0.05, 0.1) is 28.1 Å². The van der Waals surface area contributed by atoms with Gasteiger partial charge in [-0.3, -0.25) is 25.0 Å². The quantitative estimate of drug-likeness (QED) is 0.198. The van der Waals surface area contributed by atoms with Crippen LogP contribution in [0.15, 0.2) is 18.2 Å². The summed E-state index contributed by atoms with van der Waals surface area (Å²) < 4.78 is 0. The molecule has 0 bridgehead atoms. The summed E-state index contributed by atoms with van der Waals surface area (Å²) in [6.45, 7) is 3.06. The van der Waals surface area contributed by atoms with E-state index in [1.54, 1.807) is 23.1 Å². The van der Waals surface area contributed by atoms with Crippen LogP contribution in [-0.2, 0) is 9.59 Å². The van der Waals surface area contributed by atoms with Crippen LogP contribution in [0.3, 0.4) is 0 Å². The van der Waals surface area contributed by atoms with Crippen molar-refractivity contribution in [3.05, 3.63) is 33.8 Å². The number of halogens is 2. The number of hydrogen-bond donors (Lipinski definition) is 3. The zero-order valence-corrected chi connectivity index (χ0v) is 19.2. The molecule has 8 nitrogen and oxygen atoms in total. The molecule has 10 heteroatoms. The van der Waals surface area contributed by atoms with Crippen LogP contribution < -0.4 is 10.9 Å². The van der Waals surface area contributed by atoms with Gasteiger partial charge in [-0.2, -0.15) is 0 Å². The molecule has 1 aliphatic rings. The van der Waals surface area contributed by atoms with E-state index in [1.165, 1.54) is 0 Å². The molecule has 0 saturated carbocycles. The van der Waals surface area contributed by atoms with E-state index in [2.05, 4.69) is 17.8 Å². The lowest BCUT2D eigenvalue weighted by Crippen LogP contribution is -2.52. The molecule has 0 radical (unpaired) electrons. The fourth-order valence-corrected chi connectivity index (χ4v) is 3.94. The van der Waals surface area contributed by atoms with Crippen LogP contribution in [0.25, 0.3) is 0 Å². The minimum atomic E-state index is -0.499. The lowest BCUT2D eigenvalue weighted by molar-refractivity contribution is -0.154. The Labute approximate surface area is 192 Å². The van der Waals surface area contributed by atoms with Crippen molar-refractivity contribution in [2.24, 2.45) is 5.92 Å². The smallest absolute Gasteiger partial charge is 0.255 e. The van der Waals surface area contributed by atoms with Crippen molar-refractivity contribution in [1.82, 2.24) is 20.8 Å². The number of unbranched alkanes of at least 4 members (excludes halogenated alkanes) is 2. The normalized spacial score (nSPS) is 15.4. The fraction of sp³-hybridized carbons (Fsp3) is 0.571. The van der Waals surface area contributed by atoms with Crippen LogP contribution in [0.4, 0.5) is 0 Å². The number of nitrogens with one attached hydrogen (secondary N) is 2. The molecule has 1 fully saturated rings. The molecule has 1 saturated heterocycles. The van der Waals surface area contributed by atoms with Crippen LogP contribution >= 0.6 is 23.2 Å². The van der Waals surface area contributed by atoms with Crippen molar-refractivity contribution in [3.8, 4) is 0 Å². The number of nitrogens with zero attached hydrogens (tertiary/aromatic N) is 2. The maximum absolute atomic E-state index is 12.7. The summed E-state index contributed by atoms with van der Waals surface area (Å²) in [6.07, 6.45) is 5.03. The first-order valence-electron chi connectivity index (χ1n) is 10.6. The summed E-state index contributed by atoms with van der Waals surface area (Å²) in [7, 11) is 0. The van der Waals surface area contributed by atoms with Crippen molar-refractivity contribution >= 4 is 41.4 Å². The summed E-state index contributed by atoms with van der Waals surface area (Å²) in [4.78, 5) is 37.7. The predicted molar refractivity (Wildman–Crippen MR) is 119 cm³/mol. The Bertz CT molecular complexity index is 757. The fourth-order valence-electron chi connectivity index (χ4n) is 3.56. The van der Waals surface area contributed by atoms with E-state index in [9.17, 15) is 19.6 Å². The molecule has 0 unspecified atom stereocenters. The standard InChI is InChI=1S/C21H30Cl2N4O4/c1-2-3-4-6-15(13-27(31)14-28)20(29)25-24-16-9-11-26(12-10-16)21(30)17-7-5-8-18(22)19(17)23/h5,7-8,14-16,24,31H,2-4,6,9-13H2,1H3,(H,25,29)/t15-/m1/s1. The van der Waals surface area contributed by atoms with Crippen molar-refractivity contribution in [2.45, 2.75) is 51.5 Å². The molecule has 1 aromatic rings. The second kappa shape index (κ2) is 12.9. The van der Waals surface area contributed by atoms with Gasteiger partial charge in [0.15, 0.2) is 0 Å². The summed E-state index contributed by atoms with van der Waals surface area (Å²) >= 11 is 12.2. The third-order valence-corrected chi connectivity index (χ3v) is 6.24. The minimum Gasteiger partial charge on any atom is -0.338 e. The van der Waals surface area contributed by atoms with Crippen molar-refractivity contribution in [2.75, 3.05) is 19.6 Å². The molecular weight excluding hydrogens is 443 g/mol. The highest BCUT2D eigenvalue weighted by molar-refractivity contribution is 6.43. The molecule has 3 amide bonds. The minimum absolute atomic E-state index is 0.00965. The Kier molecular flexibility index (Phi) is 10.5. The van der Waals surface area contributed by atoms with Gasteiger partial charge in [0.2, 0.25) is 12.3 Å². The van der Waals surface area contributed by atoms with E-state index < -0.39 is 5.92 Å². The largest absolute Gasteiger partial charge is 0.338 e. The van der Waals surface area contributed by atoms with E-state index in [4.69, 9.17) is 23.2 Å². The van der Waals surface area contributed by atoms with E-state index in [-0.39, 0.29) is 29.4 Å². The number of hydrogen-bond acceptors (Lipinski definition) is 5. The van der Waals surface area contributed by atoms with Gasteiger partial charge < -0.3 is 4.90 Å². The number of piperidine rings is 1. The highest BCUT2D eigenvalue weighted by Crippen LogP contribution is 2.27. The molecule has 1 aliphatic heterocycles. The van der Waals surface area contributed by atoms with Gasteiger partial charge in [-0.25, -0.2) is 10.5 Å². The monoisotopic (exact) mass is 472 g/mol. The molecule has 31 heavy (non-hydrogen) atoms. The number of hydroxylamine groups is 2. The zero-order valence-electron chi connectivity index (χ0n) is 17.7. The van der Waals surface area contributed by atoms with Gasteiger partial charge in [-0.05, 0) is 31.4 Å². The first-order valence-corrected chi connectivity index (χ1v) is 11.3. The molecule has 3 N–H and O–H groups in total. The number of benzene rings is 1. The number of amides is 3. The number of rotatable bonds is 11. The summed E-state index contributed by atoms with van der Waals surface area (Å²) in [5.41, 5.74) is 6.13. The molecule has 0 spiro atoms. The van der Waals surface area contributed by atoms with Crippen LogP contribution in [0, 0.1) is 5.92 Å². The van der Waals surface area contributed by atoms with Crippen LogP contribution in [0.1, 0.15) is 55.8 Å². The van der Waals surface area contributed by atoms with Crippen LogP contribution in [0.5, 0.6) is 0 Å². The van der Waals surface area contributed by atoms with E-state index in [1.807, 2.05) is 0 Å². The van der Waals surface area contributed by atoms with Gasteiger partial charge in [0, 0.05) is 19.1 Å². The molecule has 1 aromatic carbocycles. The Morgan fingerprint density at radius 1 is 1.29 bits per heavy atom. The number of likely N-dealkylation sites (tertiary alicyclic amines) is 1. The second-order valence-electron chi connectivity index (χ2n) is 7.72. The van der Waals surface area contributed by atoms with E-state index in [0.29, 0.717) is 54.4 Å². The third-order valence-electron chi connectivity index (χ3n) is 5.42. The second-order valence-corrected chi connectivity index (χ2v) is 8.51. The Morgan fingerprint density at radius 2 is 2.00 bits per heavy atom. The molecular formula is C21H30Cl2N4O4. The summed E-state index contributed by atoms with van der Waals surface area (Å²) in [5.74, 6) is -0.926. The molecule has 2 rings (SSSR count). The van der Waals surface area contributed by atoms with Gasteiger partial charge in [-0.15, -0.1) is 0 Å². The molecule has 172 valence electrons. The average molecular weight is 473 g/mol. The first kappa shape index (κ1) is 25.4. The van der Waals surface area contributed by atoms with Gasteiger partial charge in [0.1, 0.15) is 0 Å². The number of carbonyl (C=O) groups is 3. The third kappa shape index (κ3) is 7.64. The first-order chi connectivity index (χ1) is 14.9. The maximum Gasteiger partial charge on any atom is 0.255 e. The summed E-state index contributed by atoms with van der Waals surface area (Å²) in [5, 5.41) is 10.6. The van der Waals surface area contributed by atoms with Crippen molar-refractivity contribution in [3.63, 3.8) is 0 Å². The van der Waals surface area contributed by atoms with Gasteiger partial charge in [-0.1, -0.05) is 55.5 Å². The Hall–Kier alpha value is -1.87. The maximum atomic E-state index is 12.7. The van der Waals surface area contributed by atoms with E-state index >= 15 is 0 Å². The molecule has 1 atom stereocenters. The highest BCUT2D eigenvalue weighted by atomic mass is 35.5. The molecule has 1 heterocycles. The SMILES string of the molecule is CCCCC[C@H](CN(O)C=O)C(=O)NNC1CCN(C(=O)c2cccc(Cl)c2Cl)CC1. The highest BCUT2D eigenvalue weighted by Gasteiger charge is 2.26. The predicted octanol–water partition coefficient (Wildman–Crippen LogP) is 3.26. The number of hydrazine groups is 1. The number of carbonyl (C=O) groups excluding carboxylic acids is 3. The van der Waals surface area contributed by atoms with Crippen molar-refractivity contribution < 1.29 is 19.6 Å². The lowest BCUT2D eigenvalue weighted by Gasteiger charge is -2.33. The Balaban J connectivity index is 1.83. The average Bonchev–Trinajstić information content (AvgIpc) is 2.78. The van der Waals surface area contributed by atoms with Crippen LogP contribution in [0.2, 0.25) is 10.0 Å². The van der Waals surface area contributed by atoms with E-state index in [0.717, 1.165) is 19.3 Å². The molecule has 0 aliphatic carbocycles. The van der Waals surface area contributed by atoms with Gasteiger partial charge >= 0.3 is 0 Å². The lowest BCUT2D eigenvalue weighted by atomic mass is 10.0.